The second kappa shape index (κ2) is 6.58. The maximum absolute atomic E-state index is 11.5. The first-order chi connectivity index (χ1) is 7.29. The van der Waals surface area contributed by atoms with Gasteiger partial charge < -0.3 is 14.8 Å². The molecular weight excluding hydrogens is 194 g/mol. The van der Waals surface area contributed by atoms with Gasteiger partial charge >= 0.3 is 5.97 Å². The molecule has 1 heterocycles. The van der Waals surface area contributed by atoms with E-state index in [0.29, 0.717) is 13.2 Å². The maximum atomic E-state index is 11.5. The Hall–Kier alpha value is -0.870. The fraction of sp³-hybridized carbons (Fsp3) is 0.727. The molecule has 15 heavy (non-hydrogen) atoms. The largest absolute Gasteiger partial charge is 0.468 e. The van der Waals surface area contributed by atoms with Crippen LogP contribution in [0.5, 0.6) is 0 Å². The van der Waals surface area contributed by atoms with Gasteiger partial charge in [0.15, 0.2) is 0 Å². The molecule has 1 saturated heterocycles. The van der Waals surface area contributed by atoms with Crippen molar-refractivity contribution in [3.63, 3.8) is 0 Å². The molecule has 0 amide bonds. The number of nitrogens with one attached hydrogen (secondary N) is 1. The molecule has 4 nitrogen and oxygen atoms in total. The van der Waals surface area contributed by atoms with Crippen molar-refractivity contribution in [3.05, 3.63) is 12.7 Å². The van der Waals surface area contributed by atoms with Gasteiger partial charge in [-0.2, -0.15) is 0 Å². The van der Waals surface area contributed by atoms with E-state index in [1.807, 2.05) is 0 Å². The predicted octanol–water partition coefficient (Wildman–Crippen LogP) is 0.730. The van der Waals surface area contributed by atoms with E-state index < -0.39 is 0 Å². The lowest BCUT2D eigenvalue weighted by Crippen LogP contribution is -2.46. The number of ether oxygens (including phenoxy) is 2. The third-order valence-electron chi connectivity index (χ3n) is 2.60. The molecule has 0 aromatic rings. The molecule has 86 valence electrons. The lowest BCUT2D eigenvalue weighted by Gasteiger charge is -2.28. The molecule has 0 spiro atoms. The van der Waals surface area contributed by atoms with E-state index in [1.165, 1.54) is 7.11 Å². The summed E-state index contributed by atoms with van der Waals surface area (Å²) < 4.78 is 10.1. The highest BCUT2D eigenvalue weighted by Crippen LogP contribution is 2.18. The first kappa shape index (κ1) is 12.2. The van der Waals surface area contributed by atoms with Gasteiger partial charge in [-0.15, -0.1) is 6.58 Å². The van der Waals surface area contributed by atoms with E-state index in [2.05, 4.69) is 11.9 Å². The molecule has 1 fully saturated rings. The Balaban J connectivity index is 2.52. The van der Waals surface area contributed by atoms with Gasteiger partial charge in [-0.05, 0) is 12.8 Å². The highest BCUT2D eigenvalue weighted by Gasteiger charge is 2.29. The molecule has 1 rings (SSSR count). The van der Waals surface area contributed by atoms with E-state index >= 15 is 0 Å². The normalized spacial score (nSPS) is 23.1. The number of methoxy groups -OCH3 is 1. The zero-order valence-electron chi connectivity index (χ0n) is 9.20. The van der Waals surface area contributed by atoms with E-state index in [9.17, 15) is 4.79 Å². The summed E-state index contributed by atoms with van der Waals surface area (Å²) in [4.78, 5) is 11.5. The van der Waals surface area contributed by atoms with E-state index in [-0.39, 0.29) is 17.9 Å². The van der Waals surface area contributed by atoms with Crippen LogP contribution in [0.3, 0.4) is 0 Å². The number of carbonyl (C=O) groups excluding carboxylic acids is 1. The van der Waals surface area contributed by atoms with E-state index in [1.54, 1.807) is 6.08 Å². The Morgan fingerprint density at radius 2 is 2.60 bits per heavy atom. The molecule has 0 radical (unpaired) electrons. The highest BCUT2D eigenvalue weighted by molar-refractivity contribution is 5.76. The average molecular weight is 213 g/mol. The lowest BCUT2D eigenvalue weighted by atomic mass is 9.93. The number of rotatable bonds is 5. The number of hydrogen-bond acceptors (Lipinski definition) is 4. The minimum absolute atomic E-state index is 0.214. The van der Waals surface area contributed by atoms with Crippen molar-refractivity contribution in [2.45, 2.75) is 18.9 Å². The van der Waals surface area contributed by atoms with Crippen molar-refractivity contribution < 1.29 is 14.3 Å². The Bertz CT molecular complexity index is 212. The molecule has 2 atom stereocenters. The van der Waals surface area contributed by atoms with Gasteiger partial charge in [0, 0.05) is 19.1 Å². The van der Waals surface area contributed by atoms with Gasteiger partial charge in [0.2, 0.25) is 0 Å². The van der Waals surface area contributed by atoms with Gasteiger partial charge in [0.1, 0.15) is 6.04 Å². The average Bonchev–Trinajstić information content (AvgIpc) is 2.30. The monoisotopic (exact) mass is 213 g/mol. The summed E-state index contributed by atoms with van der Waals surface area (Å²) in [6, 6.07) is -0.270. The molecule has 1 aliphatic rings. The van der Waals surface area contributed by atoms with Crippen molar-refractivity contribution >= 4 is 5.97 Å². The van der Waals surface area contributed by atoms with Crippen LogP contribution in [0.2, 0.25) is 0 Å². The lowest BCUT2D eigenvalue weighted by molar-refractivity contribution is -0.146. The van der Waals surface area contributed by atoms with Gasteiger partial charge in [0.25, 0.3) is 0 Å². The number of carbonyl (C=O) groups is 1. The maximum Gasteiger partial charge on any atom is 0.323 e. The molecule has 2 unspecified atom stereocenters. The van der Waals surface area contributed by atoms with Gasteiger partial charge in [-0.3, -0.25) is 4.79 Å². The molecular formula is C11H19NO3. The second-order valence-electron chi connectivity index (χ2n) is 3.67. The van der Waals surface area contributed by atoms with Crippen LogP contribution in [0, 0.1) is 5.92 Å². The van der Waals surface area contributed by atoms with Crippen LogP contribution in [-0.4, -0.2) is 38.9 Å². The van der Waals surface area contributed by atoms with Gasteiger partial charge in [-0.25, -0.2) is 0 Å². The number of hydrogen-bond donors (Lipinski definition) is 1. The summed E-state index contributed by atoms with van der Waals surface area (Å²) in [5.41, 5.74) is 0. The van der Waals surface area contributed by atoms with Crippen molar-refractivity contribution in [2.75, 3.05) is 26.9 Å². The Morgan fingerprint density at radius 3 is 3.13 bits per heavy atom. The first-order valence-corrected chi connectivity index (χ1v) is 5.29. The topological polar surface area (TPSA) is 47.6 Å². The Morgan fingerprint density at radius 1 is 1.80 bits per heavy atom. The molecule has 0 aromatic heterocycles. The highest BCUT2D eigenvalue weighted by atomic mass is 16.5. The van der Waals surface area contributed by atoms with Crippen molar-refractivity contribution in [1.29, 1.82) is 0 Å². The molecule has 0 aromatic carbocycles. The van der Waals surface area contributed by atoms with Crippen LogP contribution in [0.1, 0.15) is 12.8 Å². The van der Waals surface area contributed by atoms with Crippen LogP contribution >= 0.6 is 0 Å². The quantitative estimate of drug-likeness (QED) is 0.540. The molecule has 0 bridgehead atoms. The predicted molar refractivity (Wildman–Crippen MR) is 57.5 cm³/mol. The molecule has 1 N–H and O–H groups in total. The summed E-state index contributed by atoms with van der Waals surface area (Å²) in [6.07, 6.45) is 3.75. The van der Waals surface area contributed by atoms with Gasteiger partial charge in [-0.1, -0.05) is 6.08 Å². The number of esters is 1. The van der Waals surface area contributed by atoms with Crippen molar-refractivity contribution in [2.24, 2.45) is 5.92 Å². The zero-order valence-corrected chi connectivity index (χ0v) is 9.20. The zero-order chi connectivity index (χ0) is 11.1. The molecule has 4 heteroatoms. The Labute approximate surface area is 90.6 Å². The standard InChI is InChI=1S/C11H19NO3/c1-3-6-12-10(11(13)14-2)9-5-4-7-15-8-9/h3,9-10,12H,1,4-8H2,2H3. The summed E-state index contributed by atoms with van der Waals surface area (Å²) >= 11 is 0. The summed E-state index contributed by atoms with van der Waals surface area (Å²) in [7, 11) is 1.41. The van der Waals surface area contributed by atoms with Crippen LogP contribution in [0.4, 0.5) is 0 Å². The fourth-order valence-corrected chi connectivity index (χ4v) is 1.81. The molecule has 1 aliphatic heterocycles. The van der Waals surface area contributed by atoms with E-state index in [4.69, 9.17) is 9.47 Å². The van der Waals surface area contributed by atoms with Crippen LogP contribution in [0.25, 0.3) is 0 Å². The minimum Gasteiger partial charge on any atom is -0.468 e. The second-order valence-corrected chi connectivity index (χ2v) is 3.67. The minimum atomic E-state index is -0.270. The SMILES string of the molecule is C=CCNC(C(=O)OC)C1CCCOC1. The van der Waals surface area contributed by atoms with Crippen molar-refractivity contribution in [1.82, 2.24) is 5.32 Å². The molecule has 0 saturated carbocycles. The van der Waals surface area contributed by atoms with Gasteiger partial charge in [0.05, 0.1) is 13.7 Å². The van der Waals surface area contributed by atoms with Crippen LogP contribution in [-0.2, 0) is 14.3 Å². The van der Waals surface area contributed by atoms with Crippen molar-refractivity contribution in [3.8, 4) is 0 Å². The third kappa shape index (κ3) is 3.64. The smallest absolute Gasteiger partial charge is 0.323 e. The van der Waals surface area contributed by atoms with Crippen LogP contribution in [0.15, 0.2) is 12.7 Å². The summed E-state index contributed by atoms with van der Waals surface area (Å²) in [6.45, 7) is 5.65. The van der Waals surface area contributed by atoms with E-state index in [0.717, 1.165) is 19.4 Å². The fourth-order valence-electron chi connectivity index (χ4n) is 1.81. The van der Waals surface area contributed by atoms with Crippen LogP contribution < -0.4 is 5.32 Å². The summed E-state index contributed by atoms with van der Waals surface area (Å²) in [5, 5.41) is 3.12. The Kier molecular flexibility index (Phi) is 5.36. The molecule has 0 aliphatic carbocycles. The third-order valence-corrected chi connectivity index (χ3v) is 2.60. The first-order valence-electron chi connectivity index (χ1n) is 5.29. The summed E-state index contributed by atoms with van der Waals surface area (Å²) in [5.74, 6) is -0.00139.